The predicted octanol–water partition coefficient (Wildman–Crippen LogP) is 3.95. The molecule has 1 saturated heterocycles. The van der Waals surface area contributed by atoms with E-state index in [0.717, 1.165) is 12.8 Å². The molecular weight excluding hydrogens is 224 g/mol. The molecular formula is C16H21O2. The third kappa shape index (κ3) is 2.08. The van der Waals surface area contributed by atoms with E-state index in [1.54, 1.807) is 0 Å². The van der Waals surface area contributed by atoms with Gasteiger partial charge in [0.1, 0.15) is 6.10 Å². The first-order valence-electron chi connectivity index (χ1n) is 6.94. The molecule has 0 unspecified atom stereocenters. The van der Waals surface area contributed by atoms with E-state index in [1.165, 1.54) is 30.4 Å². The van der Waals surface area contributed by atoms with Crippen molar-refractivity contribution < 1.29 is 9.47 Å². The second kappa shape index (κ2) is 4.67. The first-order valence-corrected chi connectivity index (χ1v) is 6.94. The van der Waals surface area contributed by atoms with Gasteiger partial charge in [-0.3, -0.25) is 0 Å². The molecule has 2 nitrogen and oxygen atoms in total. The topological polar surface area (TPSA) is 18.5 Å². The highest BCUT2D eigenvalue weighted by molar-refractivity contribution is 5.29. The summed E-state index contributed by atoms with van der Waals surface area (Å²) in [7, 11) is 0. The second-order valence-corrected chi connectivity index (χ2v) is 5.52. The van der Waals surface area contributed by atoms with E-state index in [-0.39, 0.29) is 18.0 Å². The molecule has 1 saturated carbocycles. The molecule has 0 aromatic heterocycles. The summed E-state index contributed by atoms with van der Waals surface area (Å²) in [5, 5.41) is 0. The van der Waals surface area contributed by atoms with E-state index in [2.05, 4.69) is 38.1 Å². The highest BCUT2D eigenvalue weighted by atomic mass is 16.8. The van der Waals surface area contributed by atoms with Crippen molar-refractivity contribution in [1.29, 1.82) is 0 Å². The Morgan fingerprint density at radius 3 is 2.56 bits per heavy atom. The van der Waals surface area contributed by atoms with Crippen LogP contribution in [0.3, 0.4) is 0 Å². The molecule has 2 heteroatoms. The lowest BCUT2D eigenvalue weighted by atomic mass is 9.94. The van der Waals surface area contributed by atoms with Crippen molar-refractivity contribution in [1.82, 2.24) is 0 Å². The quantitative estimate of drug-likeness (QED) is 0.746. The minimum absolute atomic E-state index is 0.00991. The highest BCUT2D eigenvalue weighted by Crippen LogP contribution is 2.46. The largest absolute Gasteiger partial charge is 0.344 e. The maximum Gasteiger partial charge on any atom is 0.169 e. The van der Waals surface area contributed by atoms with Gasteiger partial charge in [0.05, 0.1) is 6.10 Å². The van der Waals surface area contributed by atoms with Crippen LogP contribution in [-0.2, 0) is 9.47 Å². The summed E-state index contributed by atoms with van der Waals surface area (Å²) in [5.41, 5.74) is 2.48. The summed E-state index contributed by atoms with van der Waals surface area (Å²) in [6.07, 6.45) is 5.63. The van der Waals surface area contributed by atoms with Crippen LogP contribution in [0, 0.1) is 13.8 Å². The molecule has 1 heterocycles. The Kier molecular flexibility index (Phi) is 3.16. The van der Waals surface area contributed by atoms with Crippen LogP contribution in [0.2, 0.25) is 0 Å². The van der Waals surface area contributed by atoms with Gasteiger partial charge in [0, 0.05) is 12.8 Å². The van der Waals surface area contributed by atoms with Crippen LogP contribution in [0.5, 0.6) is 0 Å². The molecule has 18 heavy (non-hydrogen) atoms. The zero-order chi connectivity index (χ0) is 12.6. The van der Waals surface area contributed by atoms with Crippen molar-refractivity contribution in [2.75, 3.05) is 0 Å². The fraction of sp³-hybridized carbons (Fsp3) is 0.562. The summed E-state index contributed by atoms with van der Waals surface area (Å²) in [5.74, 6) is -0.350. The van der Waals surface area contributed by atoms with Crippen LogP contribution in [0.15, 0.2) is 24.3 Å². The number of hydrogen-bond donors (Lipinski definition) is 0. The van der Waals surface area contributed by atoms with Crippen LogP contribution >= 0.6 is 0 Å². The lowest BCUT2D eigenvalue weighted by Gasteiger charge is -2.32. The lowest BCUT2D eigenvalue weighted by Crippen LogP contribution is -2.33. The Hall–Kier alpha value is -0.860. The molecule has 1 spiro atoms. The van der Waals surface area contributed by atoms with Crippen molar-refractivity contribution in [2.45, 2.75) is 57.0 Å². The summed E-state index contributed by atoms with van der Waals surface area (Å²) in [4.78, 5) is 0. The van der Waals surface area contributed by atoms with Gasteiger partial charge in [-0.05, 0) is 37.8 Å². The fourth-order valence-corrected chi connectivity index (χ4v) is 3.17. The maximum atomic E-state index is 6.28. The average molecular weight is 245 g/mol. The standard InChI is InChI=1S/C16H21O2/c1-12-8-4-5-9-14(12)15-13(2)17-16(18-15)10-6-3-7-11-16/h4-5,8-9,13,15H,2-3,6-7,10-11H2,1H3/t13-,15+/m0/s1. The van der Waals surface area contributed by atoms with Gasteiger partial charge in [-0.25, -0.2) is 0 Å². The zero-order valence-electron chi connectivity index (χ0n) is 11.0. The van der Waals surface area contributed by atoms with Crippen molar-refractivity contribution in [3.05, 3.63) is 42.3 Å². The molecule has 1 aliphatic heterocycles. The SMILES string of the molecule is [CH2][C@@H]1OC2(CCCCC2)O[C@H]1c1ccccc1C. The molecule has 1 aliphatic carbocycles. The third-order valence-corrected chi connectivity index (χ3v) is 4.16. The van der Waals surface area contributed by atoms with Crippen LogP contribution in [-0.4, -0.2) is 11.9 Å². The monoisotopic (exact) mass is 245 g/mol. The predicted molar refractivity (Wildman–Crippen MR) is 71.1 cm³/mol. The minimum Gasteiger partial charge on any atom is -0.344 e. The van der Waals surface area contributed by atoms with Gasteiger partial charge in [-0.1, -0.05) is 30.7 Å². The van der Waals surface area contributed by atoms with Crippen molar-refractivity contribution in [2.24, 2.45) is 0 Å². The van der Waals surface area contributed by atoms with Crippen LogP contribution < -0.4 is 0 Å². The van der Waals surface area contributed by atoms with Crippen molar-refractivity contribution >= 4 is 0 Å². The normalized spacial score (nSPS) is 30.8. The van der Waals surface area contributed by atoms with E-state index < -0.39 is 0 Å². The fourth-order valence-electron chi connectivity index (χ4n) is 3.17. The van der Waals surface area contributed by atoms with E-state index >= 15 is 0 Å². The number of ether oxygens (including phenoxy) is 2. The lowest BCUT2D eigenvalue weighted by molar-refractivity contribution is -0.192. The first kappa shape index (κ1) is 12.2. The highest BCUT2D eigenvalue weighted by Gasteiger charge is 2.46. The molecule has 2 fully saturated rings. The van der Waals surface area contributed by atoms with Gasteiger partial charge in [-0.2, -0.15) is 0 Å². The zero-order valence-corrected chi connectivity index (χ0v) is 11.0. The van der Waals surface area contributed by atoms with E-state index in [9.17, 15) is 0 Å². The molecule has 3 rings (SSSR count). The van der Waals surface area contributed by atoms with Crippen LogP contribution in [0.4, 0.5) is 0 Å². The van der Waals surface area contributed by atoms with E-state index in [1.807, 2.05) is 0 Å². The molecule has 0 bridgehead atoms. The van der Waals surface area contributed by atoms with E-state index in [0.29, 0.717) is 0 Å². The van der Waals surface area contributed by atoms with Crippen molar-refractivity contribution in [3.8, 4) is 0 Å². The minimum atomic E-state index is -0.350. The summed E-state index contributed by atoms with van der Waals surface area (Å²) < 4.78 is 12.4. The molecule has 0 amide bonds. The average Bonchev–Trinajstić information content (AvgIpc) is 2.67. The molecule has 1 aromatic rings. The second-order valence-electron chi connectivity index (χ2n) is 5.52. The van der Waals surface area contributed by atoms with Crippen LogP contribution in [0.1, 0.15) is 49.3 Å². The molecule has 2 aliphatic rings. The summed E-state index contributed by atoms with van der Waals surface area (Å²) in [6.45, 7) is 6.26. The summed E-state index contributed by atoms with van der Waals surface area (Å²) in [6, 6.07) is 8.37. The van der Waals surface area contributed by atoms with Gasteiger partial charge in [0.25, 0.3) is 0 Å². The molecule has 97 valence electrons. The van der Waals surface area contributed by atoms with Gasteiger partial charge in [-0.15, -0.1) is 0 Å². The third-order valence-electron chi connectivity index (χ3n) is 4.16. The number of rotatable bonds is 1. The molecule has 1 aromatic carbocycles. The Morgan fingerprint density at radius 1 is 1.11 bits per heavy atom. The Bertz CT molecular complexity index is 421. The summed E-state index contributed by atoms with van der Waals surface area (Å²) >= 11 is 0. The van der Waals surface area contributed by atoms with E-state index in [4.69, 9.17) is 9.47 Å². The Morgan fingerprint density at radius 2 is 1.83 bits per heavy atom. The Labute approximate surface area is 109 Å². The van der Waals surface area contributed by atoms with Gasteiger partial charge >= 0.3 is 0 Å². The number of hydrogen-bond acceptors (Lipinski definition) is 2. The molecule has 1 radical (unpaired) electrons. The number of aryl methyl sites for hydroxylation is 1. The van der Waals surface area contributed by atoms with Crippen LogP contribution in [0.25, 0.3) is 0 Å². The van der Waals surface area contributed by atoms with Gasteiger partial charge in [0.2, 0.25) is 0 Å². The maximum absolute atomic E-state index is 6.28. The molecule has 2 atom stereocenters. The van der Waals surface area contributed by atoms with Crippen molar-refractivity contribution in [3.63, 3.8) is 0 Å². The number of benzene rings is 1. The first-order chi connectivity index (χ1) is 8.70. The van der Waals surface area contributed by atoms with Gasteiger partial charge in [0.15, 0.2) is 5.79 Å². The Balaban J connectivity index is 1.84. The smallest absolute Gasteiger partial charge is 0.169 e. The molecule has 0 N–H and O–H groups in total. The van der Waals surface area contributed by atoms with Gasteiger partial charge < -0.3 is 9.47 Å².